The average Bonchev–Trinajstić information content (AvgIpc) is 2.77. The lowest BCUT2D eigenvalue weighted by Gasteiger charge is -1.97. The van der Waals surface area contributed by atoms with Gasteiger partial charge in [0.2, 0.25) is 11.0 Å². The first-order valence-electron chi connectivity index (χ1n) is 6.06. The molecule has 18 heavy (non-hydrogen) atoms. The lowest BCUT2D eigenvalue weighted by Crippen LogP contribution is -2.21. The molecule has 0 bridgehead atoms. The minimum absolute atomic E-state index is 1.30. The summed E-state index contributed by atoms with van der Waals surface area (Å²) >= 11 is 1.85. The number of fused-ring (bicyclic) bond motifs is 5. The van der Waals surface area contributed by atoms with Gasteiger partial charge in [0.1, 0.15) is 4.70 Å². The molecule has 0 unspecified atom stereocenters. The van der Waals surface area contributed by atoms with Gasteiger partial charge in [-0.25, -0.2) is 0 Å². The van der Waals surface area contributed by atoms with Crippen molar-refractivity contribution in [1.82, 2.24) is 0 Å². The molecule has 0 amide bonds. The first-order chi connectivity index (χ1) is 8.84. The zero-order valence-electron chi connectivity index (χ0n) is 10.1. The molecule has 4 rings (SSSR count). The van der Waals surface area contributed by atoms with Gasteiger partial charge >= 0.3 is 0 Å². The van der Waals surface area contributed by atoms with Gasteiger partial charge in [0.25, 0.3) is 4.83 Å². The van der Waals surface area contributed by atoms with Crippen LogP contribution in [0.4, 0.5) is 0 Å². The van der Waals surface area contributed by atoms with Gasteiger partial charge in [0, 0.05) is 23.1 Å². The summed E-state index contributed by atoms with van der Waals surface area (Å²) in [4.78, 5) is 1.30. The maximum atomic E-state index is 2.38. The molecule has 0 aliphatic carbocycles. The Morgan fingerprint density at radius 2 is 1.78 bits per heavy atom. The van der Waals surface area contributed by atoms with Crippen molar-refractivity contribution in [1.29, 1.82) is 0 Å². The molecule has 0 aliphatic rings. The topological polar surface area (TPSA) is 4.10 Å². The van der Waals surface area contributed by atoms with E-state index >= 15 is 0 Å². The summed E-state index contributed by atoms with van der Waals surface area (Å²) in [5.74, 6) is 0. The number of rotatable bonds is 0. The van der Waals surface area contributed by atoms with Crippen molar-refractivity contribution >= 4 is 37.3 Å². The van der Waals surface area contributed by atoms with Gasteiger partial charge in [-0.2, -0.15) is 0 Å². The first-order valence-corrected chi connectivity index (χ1v) is 6.88. The van der Waals surface area contributed by atoms with E-state index in [4.69, 9.17) is 0 Å². The van der Waals surface area contributed by atoms with E-state index in [1.807, 2.05) is 11.3 Å². The number of hydrogen-bond acceptors (Lipinski definition) is 1. The Bertz CT molecular complexity index is 889. The van der Waals surface area contributed by atoms with E-state index in [0.29, 0.717) is 0 Å². The maximum Gasteiger partial charge on any atom is 0.268 e. The van der Waals surface area contributed by atoms with Gasteiger partial charge in [-0.05, 0) is 25.1 Å². The second-order valence-corrected chi connectivity index (χ2v) is 5.65. The van der Waals surface area contributed by atoms with Crippen LogP contribution in [0.2, 0.25) is 0 Å². The van der Waals surface area contributed by atoms with Gasteiger partial charge in [0.15, 0.2) is 0 Å². The fourth-order valence-electron chi connectivity index (χ4n) is 2.63. The van der Waals surface area contributed by atoms with Crippen molar-refractivity contribution in [3.63, 3.8) is 0 Å². The Hall–Kier alpha value is -1.93. The van der Waals surface area contributed by atoms with Crippen LogP contribution in [0.1, 0.15) is 5.56 Å². The Balaban J connectivity index is 2.40. The van der Waals surface area contributed by atoms with Crippen LogP contribution >= 0.6 is 11.3 Å². The minimum atomic E-state index is 1.30. The van der Waals surface area contributed by atoms with Gasteiger partial charge < -0.3 is 0 Å². The number of para-hydroxylation sites is 2. The molecule has 2 aromatic carbocycles. The van der Waals surface area contributed by atoms with Crippen LogP contribution in [0.5, 0.6) is 0 Å². The van der Waals surface area contributed by atoms with Crippen molar-refractivity contribution in [3.8, 4) is 0 Å². The highest BCUT2D eigenvalue weighted by atomic mass is 32.1. The summed E-state index contributed by atoms with van der Waals surface area (Å²) in [5.41, 5.74) is 3.96. The maximum absolute atomic E-state index is 2.38. The summed E-state index contributed by atoms with van der Waals surface area (Å²) in [6.45, 7) is 2.18. The SMILES string of the molecule is Cc1cccc2ccc3sc4ccccc4[n+]3c12. The van der Waals surface area contributed by atoms with E-state index in [0.717, 1.165) is 0 Å². The van der Waals surface area contributed by atoms with E-state index in [2.05, 4.69) is 65.9 Å². The highest BCUT2D eigenvalue weighted by molar-refractivity contribution is 7.23. The minimum Gasteiger partial charge on any atom is -0.142 e. The van der Waals surface area contributed by atoms with Crippen molar-refractivity contribution < 1.29 is 4.40 Å². The molecule has 0 N–H and O–H groups in total. The number of thiazole rings is 1. The van der Waals surface area contributed by atoms with Crippen LogP contribution in [-0.2, 0) is 0 Å². The predicted octanol–water partition coefficient (Wildman–Crippen LogP) is 4.10. The summed E-state index contributed by atoms with van der Waals surface area (Å²) < 4.78 is 3.72. The first kappa shape index (κ1) is 10.0. The Labute approximate surface area is 109 Å². The van der Waals surface area contributed by atoms with E-state index in [9.17, 15) is 0 Å². The smallest absolute Gasteiger partial charge is 0.142 e. The molecule has 0 saturated carbocycles. The van der Waals surface area contributed by atoms with Crippen LogP contribution < -0.4 is 4.40 Å². The highest BCUT2D eigenvalue weighted by Crippen LogP contribution is 2.25. The van der Waals surface area contributed by atoms with Crippen LogP contribution in [-0.4, -0.2) is 0 Å². The number of aryl methyl sites for hydroxylation is 1. The lowest BCUT2D eigenvalue weighted by molar-refractivity contribution is -0.446. The third-order valence-corrected chi connectivity index (χ3v) is 4.53. The largest absolute Gasteiger partial charge is 0.268 e. The fraction of sp³-hybridized carbons (Fsp3) is 0.0625. The normalized spacial score (nSPS) is 11.6. The summed E-state index contributed by atoms with van der Waals surface area (Å²) in [7, 11) is 0. The molecule has 0 saturated heterocycles. The number of nitrogens with zero attached hydrogens (tertiary/aromatic N) is 1. The van der Waals surface area contributed by atoms with Crippen LogP contribution in [0.15, 0.2) is 54.6 Å². The van der Waals surface area contributed by atoms with E-state index in [1.165, 1.54) is 31.5 Å². The molecule has 86 valence electrons. The van der Waals surface area contributed by atoms with Crippen molar-refractivity contribution in [2.45, 2.75) is 6.92 Å². The second-order valence-electron chi connectivity index (χ2n) is 4.59. The number of benzene rings is 2. The van der Waals surface area contributed by atoms with Crippen LogP contribution in [0.25, 0.3) is 25.9 Å². The average molecular weight is 250 g/mol. The summed E-state index contributed by atoms with van der Waals surface area (Å²) in [5, 5.41) is 1.30. The molecule has 4 aromatic rings. The molecular formula is C16H12NS+. The fourth-order valence-corrected chi connectivity index (χ4v) is 3.68. The Morgan fingerprint density at radius 1 is 0.889 bits per heavy atom. The summed E-state index contributed by atoms with van der Waals surface area (Å²) in [6, 6.07) is 19.5. The molecule has 0 atom stereocenters. The number of pyridine rings is 1. The zero-order valence-corrected chi connectivity index (χ0v) is 10.9. The predicted molar refractivity (Wildman–Crippen MR) is 77.2 cm³/mol. The number of aromatic nitrogens is 1. The molecule has 2 heterocycles. The molecule has 0 fully saturated rings. The van der Waals surface area contributed by atoms with Crippen molar-refractivity contribution in [2.24, 2.45) is 0 Å². The number of hydrogen-bond donors (Lipinski definition) is 0. The van der Waals surface area contributed by atoms with Gasteiger partial charge in [-0.15, -0.1) is 4.40 Å². The molecule has 2 heteroatoms. The second kappa shape index (κ2) is 3.53. The Kier molecular flexibility index (Phi) is 1.97. The third-order valence-electron chi connectivity index (χ3n) is 3.44. The standard InChI is InChI=1S/C16H12NS/c1-11-5-4-6-12-9-10-15-17(16(11)12)13-7-2-3-8-14(13)18-15/h2-10H,1H3/q+1. The summed E-state index contributed by atoms with van der Waals surface area (Å²) in [6.07, 6.45) is 0. The van der Waals surface area contributed by atoms with E-state index in [-0.39, 0.29) is 0 Å². The Morgan fingerprint density at radius 3 is 2.72 bits per heavy atom. The van der Waals surface area contributed by atoms with E-state index < -0.39 is 0 Å². The monoisotopic (exact) mass is 250 g/mol. The van der Waals surface area contributed by atoms with Gasteiger partial charge in [-0.3, -0.25) is 0 Å². The van der Waals surface area contributed by atoms with Crippen molar-refractivity contribution in [2.75, 3.05) is 0 Å². The zero-order chi connectivity index (χ0) is 12.1. The molecule has 2 aromatic heterocycles. The third kappa shape index (κ3) is 1.24. The molecule has 0 radical (unpaired) electrons. The molecule has 0 aliphatic heterocycles. The van der Waals surface area contributed by atoms with E-state index in [1.54, 1.807) is 0 Å². The molecular weight excluding hydrogens is 238 g/mol. The highest BCUT2D eigenvalue weighted by Gasteiger charge is 2.17. The molecule has 1 nitrogen and oxygen atoms in total. The van der Waals surface area contributed by atoms with Gasteiger partial charge in [0.05, 0.1) is 0 Å². The van der Waals surface area contributed by atoms with Crippen LogP contribution in [0.3, 0.4) is 0 Å². The molecule has 0 spiro atoms. The lowest BCUT2D eigenvalue weighted by atomic mass is 10.1. The quantitative estimate of drug-likeness (QED) is 0.414. The van der Waals surface area contributed by atoms with Crippen LogP contribution in [0, 0.1) is 6.92 Å². The van der Waals surface area contributed by atoms with Crippen molar-refractivity contribution in [3.05, 3.63) is 60.2 Å². The van der Waals surface area contributed by atoms with Gasteiger partial charge in [-0.1, -0.05) is 35.6 Å².